The highest BCUT2D eigenvalue weighted by Gasteiger charge is 2.35. The summed E-state index contributed by atoms with van der Waals surface area (Å²) >= 11 is 0. The predicted molar refractivity (Wildman–Crippen MR) is 86.7 cm³/mol. The normalized spacial score (nSPS) is 22.9. The van der Waals surface area contributed by atoms with Gasteiger partial charge in [0.25, 0.3) is 0 Å². The number of benzene rings is 1. The zero-order valence-corrected chi connectivity index (χ0v) is 13.2. The molecule has 1 atom stereocenters. The first-order valence-corrected chi connectivity index (χ1v) is 8.33. The van der Waals surface area contributed by atoms with Gasteiger partial charge in [-0.05, 0) is 38.3 Å². The Balaban J connectivity index is 1.61. The lowest BCUT2D eigenvalue weighted by atomic mass is 9.88. The maximum Gasteiger partial charge on any atom is 0.249 e. The smallest absolute Gasteiger partial charge is 0.249 e. The van der Waals surface area contributed by atoms with Crippen molar-refractivity contribution in [3.05, 3.63) is 29.8 Å². The first-order chi connectivity index (χ1) is 10.6. The molecule has 0 aromatic heterocycles. The molecular formula is C18H24N2O2. The third-order valence-electron chi connectivity index (χ3n) is 4.84. The van der Waals surface area contributed by atoms with Gasteiger partial charge < -0.3 is 10.2 Å². The molecule has 0 radical (unpaired) electrons. The molecule has 1 aromatic carbocycles. The van der Waals surface area contributed by atoms with Crippen LogP contribution < -0.4 is 10.2 Å². The molecule has 1 N–H and O–H groups in total. The molecule has 1 saturated carbocycles. The van der Waals surface area contributed by atoms with Crippen LogP contribution in [-0.2, 0) is 9.59 Å². The van der Waals surface area contributed by atoms with Gasteiger partial charge in [-0.15, -0.1) is 0 Å². The van der Waals surface area contributed by atoms with E-state index in [0.29, 0.717) is 13.0 Å². The number of hydrogen-bond acceptors (Lipinski definition) is 2. The minimum Gasteiger partial charge on any atom is -0.344 e. The number of rotatable bonds is 3. The molecule has 1 aliphatic heterocycles. The summed E-state index contributed by atoms with van der Waals surface area (Å²) in [4.78, 5) is 26.6. The SMILES string of the molecule is Cc1ccc(N2CCC(NC(=O)C3CCCCC3)C2=O)cc1. The van der Waals surface area contributed by atoms with E-state index in [1.165, 1.54) is 12.0 Å². The summed E-state index contributed by atoms with van der Waals surface area (Å²) in [5, 5.41) is 2.98. The second-order valence-corrected chi connectivity index (χ2v) is 6.51. The summed E-state index contributed by atoms with van der Waals surface area (Å²) in [5.41, 5.74) is 2.10. The van der Waals surface area contributed by atoms with Crippen LogP contribution in [0.3, 0.4) is 0 Å². The Hall–Kier alpha value is -1.84. The van der Waals surface area contributed by atoms with Crippen molar-refractivity contribution in [2.24, 2.45) is 5.92 Å². The summed E-state index contributed by atoms with van der Waals surface area (Å²) in [5.74, 6) is 0.201. The highest BCUT2D eigenvalue weighted by Crippen LogP contribution is 2.25. The van der Waals surface area contributed by atoms with E-state index in [0.717, 1.165) is 31.4 Å². The van der Waals surface area contributed by atoms with E-state index in [9.17, 15) is 9.59 Å². The van der Waals surface area contributed by atoms with E-state index in [-0.39, 0.29) is 23.8 Å². The van der Waals surface area contributed by atoms with Crippen LogP contribution in [0.15, 0.2) is 24.3 Å². The monoisotopic (exact) mass is 300 g/mol. The van der Waals surface area contributed by atoms with Gasteiger partial charge >= 0.3 is 0 Å². The molecule has 1 unspecified atom stereocenters. The minimum absolute atomic E-state index is 0.0213. The molecule has 2 fully saturated rings. The second kappa shape index (κ2) is 6.51. The molecule has 1 saturated heterocycles. The van der Waals surface area contributed by atoms with Crippen molar-refractivity contribution in [2.45, 2.75) is 51.5 Å². The average molecular weight is 300 g/mol. The number of anilines is 1. The molecule has 3 rings (SSSR count). The Morgan fingerprint density at radius 2 is 1.77 bits per heavy atom. The summed E-state index contributed by atoms with van der Waals surface area (Å²) in [6, 6.07) is 7.61. The molecule has 0 bridgehead atoms. The number of nitrogens with zero attached hydrogens (tertiary/aromatic N) is 1. The van der Waals surface area contributed by atoms with Gasteiger partial charge in [0.2, 0.25) is 11.8 Å². The molecule has 0 spiro atoms. The van der Waals surface area contributed by atoms with Gasteiger partial charge in [-0.3, -0.25) is 9.59 Å². The number of nitrogens with one attached hydrogen (secondary N) is 1. The Bertz CT molecular complexity index is 547. The number of carbonyl (C=O) groups is 2. The molecule has 4 heteroatoms. The zero-order chi connectivity index (χ0) is 15.5. The van der Waals surface area contributed by atoms with E-state index >= 15 is 0 Å². The van der Waals surface area contributed by atoms with Crippen LogP contribution >= 0.6 is 0 Å². The van der Waals surface area contributed by atoms with Gasteiger partial charge in [0.1, 0.15) is 6.04 Å². The van der Waals surface area contributed by atoms with E-state index in [2.05, 4.69) is 5.32 Å². The third-order valence-corrected chi connectivity index (χ3v) is 4.84. The molecular weight excluding hydrogens is 276 g/mol. The van der Waals surface area contributed by atoms with Gasteiger partial charge in [-0.25, -0.2) is 0 Å². The summed E-state index contributed by atoms with van der Waals surface area (Å²) in [6.45, 7) is 2.71. The van der Waals surface area contributed by atoms with Crippen LogP contribution in [0.5, 0.6) is 0 Å². The Kier molecular flexibility index (Phi) is 4.46. The Labute approximate surface area is 131 Å². The van der Waals surface area contributed by atoms with E-state index in [1.807, 2.05) is 31.2 Å². The highest BCUT2D eigenvalue weighted by atomic mass is 16.2. The fraction of sp³-hybridized carbons (Fsp3) is 0.556. The predicted octanol–water partition coefficient (Wildman–Crippen LogP) is 2.80. The van der Waals surface area contributed by atoms with Crippen molar-refractivity contribution in [1.29, 1.82) is 0 Å². The number of amides is 2. The topological polar surface area (TPSA) is 49.4 Å². The van der Waals surface area contributed by atoms with Crippen LogP contribution in [0, 0.1) is 12.8 Å². The van der Waals surface area contributed by atoms with E-state index in [4.69, 9.17) is 0 Å². The lowest BCUT2D eigenvalue weighted by Gasteiger charge is -2.23. The van der Waals surface area contributed by atoms with E-state index < -0.39 is 0 Å². The molecule has 1 aromatic rings. The maximum absolute atomic E-state index is 12.5. The molecule has 4 nitrogen and oxygen atoms in total. The molecule has 1 aliphatic carbocycles. The van der Waals surface area contributed by atoms with Crippen LogP contribution in [0.1, 0.15) is 44.1 Å². The zero-order valence-electron chi connectivity index (χ0n) is 13.2. The Morgan fingerprint density at radius 1 is 1.09 bits per heavy atom. The average Bonchev–Trinajstić information content (AvgIpc) is 2.90. The van der Waals surface area contributed by atoms with E-state index in [1.54, 1.807) is 4.90 Å². The summed E-state index contributed by atoms with van der Waals surface area (Å²) < 4.78 is 0. The van der Waals surface area contributed by atoms with Gasteiger partial charge in [0.15, 0.2) is 0 Å². The molecule has 2 amide bonds. The van der Waals surface area contributed by atoms with Crippen molar-refractivity contribution >= 4 is 17.5 Å². The molecule has 118 valence electrons. The lowest BCUT2D eigenvalue weighted by molar-refractivity contribution is -0.129. The fourth-order valence-corrected chi connectivity index (χ4v) is 3.45. The molecule has 22 heavy (non-hydrogen) atoms. The van der Waals surface area contributed by atoms with Crippen LogP contribution in [-0.4, -0.2) is 24.4 Å². The van der Waals surface area contributed by atoms with Crippen LogP contribution in [0.2, 0.25) is 0 Å². The standard InChI is InChI=1S/C18H24N2O2/c1-13-7-9-15(10-8-13)20-12-11-16(18(20)22)19-17(21)14-5-3-2-4-6-14/h7-10,14,16H,2-6,11-12H2,1H3,(H,19,21). The largest absolute Gasteiger partial charge is 0.344 e. The van der Waals surface area contributed by atoms with Crippen molar-refractivity contribution < 1.29 is 9.59 Å². The number of aryl methyl sites for hydroxylation is 1. The van der Waals surface area contributed by atoms with Gasteiger partial charge in [0, 0.05) is 18.2 Å². The fourth-order valence-electron chi connectivity index (χ4n) is 3.45. The quantitative estimate of drug-likeness (QED) is 0.933. The second-order valence-electron chi connectivity index (χ2n) is 6.51. The van der Waals surface area contributed by atoms with Crippen molar-refractivity contribution in [3.63, 3.8) is 0 Å². The van der Waals surface area contributed by atoms with Crippen LogP contribution in [0.4, 0.5) is 5.69 Å². The number of carbonyl (C=O) groups excluding carboxylic acids is 2. The summed E-state index contributed by atoms with van der Waals surface area (Å²) in [7, 11) is 0. The maximum atomic E-state index is 12.5. The third kappa shape index (κ3) is 3.16. The lowest BCUT2D eigenvalue weighted by Crippen LogP contribution is -2.44. The van der Waals surface area contributed by atoms with Crippen LogP contribution in [0.25, 0.3) is 0 Å². The Morgan fingerprint density at radius 3 is 2.45 bits per heavy atom. The highest BCUT2D eigenvalue weighted by molar-refractivity contribution is 6.01. The number of hydrogen-bond donors (Lipinski definition) is 1. The van der Waals surface area contributed by atoms with Gasteiger partial charge in [0.05, 0.1) is 0 Å². The summed E-state index contributed by atoms with van der Waals surface area (Å²) in [6.07, 6.45) is 6.12. The van der Waals surface area contributed by atoms with Crippen molar-refractivity contribution in [1.82, 2.24) is 5.32 Å². The van der Waals surface area contributed by atoms with Crippen molar-refractivity contribution in [2.75, 3.05) is 11.4 Å². The first kappa shape index (κ1) is 15.1. The first-order valence-electron chi connectivity index (χ1n) is 8.33. The van der Waals surface area contributed by atoms with Crippen molar-refractivity contribution in [3.8, 4) is 0 Å². The molecule has 2 aliphatic rings. The van der Waals surface area contributed by atoms with Gasteiger partial charge in [-0.1, -0.05) is 37.0 Å². The van der Waals surface area contributed by atoms with Gasteiger partial charge in [-0.2, -0.15) is 0 Å². The minimum atomic E-state index is -0.351. The molecule has 1 heterocycles.